The lowest BCUT2D eigenvalue weighted by atomic mass is 9.91. The topological polar surface area (TPSA) is 96.2 Å². The van der Waals surface area contributed by atoms with Crippen LogP contribution in [0.3, 0.4) is 0 Å². The highest BCUT2D eigenvalue weighted by Crippen LogP contribution is 2.38. The number of aromatic amines is 1. The number of carboxylic acids is 1. The van der Waals surface area contributed by atoms with E-state index in [1.807, 2.05) is 6.92 Å². The van der Waals surface area contributed by atoms with Crippen LogP contribution in [0, 0.1) is 10.1 Å². The Morgan fingerprint density at radius 1 is 1.28 bits per heavy atom. The van der Waals surface area contributed by atoms with E-state index in [1.54, 1.807) is 30.3 Å². The molecule has 1 unspecified atom stereocenters. The minimum atomic E-state index is -0.925. The second-order valence-corrected chi connectivity index (χ2v) is 6.14. The average molecular weight is 359 g/mol. The van der Waals surface area contributed by atoms with Gasteiger partial charge in [-0.3, -0.25) is 14.9 Å². The van der Waals surface area contributed by atoms with Crippen molar-refractivity contribution in [3.8, 4) is 11.3 Å². The molecule has 0 saturated carbocycles. The smallest absolute Gasteiger partial charge is 0.311 e. The van der Waals surface area contributed by atoms with Crippen molar-refractivity contribution in [1.82, 2.24) is 4.98 Å². The first-order chi connectivity index (χ1) is 11.9. The Morgan fingerprint density at radius 2 is 1.96 bits per heavy atom. The second kappa shape index (κ2) is 6.57. The molecule has 0 saturated heterocycles. The number of benzene rings is 2. The van der Waals surface area contributed by atoms with Gasteiger partial charge in [0.1, 0.15) is 0 Å². The predicted octanol–water partition coefficient (Wildman–Crippen LogP) is 4.97. The van der Waals surface area contributed by atoms with Gasteiger partial charge in [0.05, 0.1) is 16.5 Å². The largest absolute Gasteiger partial charge is 0.481 e. The number of nitro benzene ring substituents is 1. The quantitative estimate of drug-likeness (QED) is 0.496. The lowest BCUT2D eigenvalue weighted by Gasteiger charge is -2.12. The number of hydrogen-bond acceptors (Lipinski definition) is 3. The fraction of sp³-hybridized carbons (Fsp3) is 0.167. The van der Waals surface area contributed by atoms with Gasteiger partial charge in [0.25, 0.3) is 5.69 Å². The molecular formula is C18H15ClN2O4. The third-order valence-corrected chi connectivity index (χ3v) is 4.46. The van der Waals surface area contributed by atoms with Gasteiger partial charge in [-0.05, 0) is 47.9 Å². The highest BCUT2D eigenvalue weighted by atomic mass is 35.5. The predicted molar refractivity (Wildman–Crippen MR) is 96.1 cm³/mol. The number of nitrogens with one attached hydrogen (secondary N) is 1. The van der Waals surface area contributed by atoms with E-state index in [4.69, 9.17) is 11.6 Å². The zero-order chi connectivity index (χ0) is 18.1. The molecule has 2 N–H and O–H groups in total. The van der Waals surface area contributed by atoms with Crippen LogP contribution >= 0.6 is 11.6 Å². The molecule has 25 heavy (non-hydrogen) atoms. The van der Waals surface area contributed by atoms with Crippen molar-refractivity contribution in [3.05, 3.63) is 63.2 Å². The molecule has 0 aliphatic carbocycles. The van der Waals surface area contributed by atoms with E-state index >= 15 is 0 Å². The van der Waals surface area contributed by atoms with Crippen molar-refractivity contribution in [2.24, 2.45) is 0 Å². The van der Waals surface area contributed by atoms with Crippen molar-refractivity contribution < 1.29 is 14.8 Å². The Kier molecular flexibility index (Phi) is 4.46. The number of hydrogen-bond donors (Lipinski definition) is 2. The van der Waals surface area contributed by atoms with Crippen molar-refractivity contribution >= 4 is 34.2 Å². The molecule has 0 bridgehead atoms. The first-order valence-electron chi connectivity index (χ1n) is 7.71. The number of aromatic nitrogens is 1. The molecule has 6 nitrogen and oxygen atoms in total. The van der Waals surface area contributed by atoms with E-state index in [1.165, 1.54) is 12.1 Å². The SMILES string of the molecule is CCC(C(=O)O)c1c(-c2ccc([N+](=O)[O-])cc2)[nH]c2ccc(Cl)cc12. The molecule has 3 rings (SSSR count). The zero-order valence-electron chi connectivity index (χ0n) is 13.3. The van der Waals surface area contributed by atoms with Crippen LogP contribution in [0.4, 0.5) is 5.69 Å². The van der Waals surface area contributed by atoms with Gasteiger partial charge in [-0.25, -0.2) is 0 Å². The molecule has 0 fully saturated rings. The van der Waals surface area contributed by atoms with Crippen LogP contribution in [-0.4, -0.2) is 21.0 Å². The first kappa shape index (κ1) is 17.0. The van der Waals surface area contributed by atoms with E-state index in [2.05, 4.69) is 4.98 Å². The summed E-state index contributed by atoms with van der Waals surface area (Å²) in [5.74, 6) is -1.64. The Bertz CT molecular complexity index is 963. The molecule has 1 heterocycles. The molecule has 2 aromatic carbocycles. The maximum Gasteiger partial charge on any atom is 0.311 e. The number of fused-ring (bicyclic) bond motifs is 1. The number of aliphatic carboxylic acids is 1. The van der Waals surface area contributed by atoms with Gasteiger partial charge in [-0.15, -0.1) is 0 Å². The number of carboxylic acid groups (broad SMARTS) is 1. The Balaban J connectivity index is 2.26. The van der Waals surface area contributed by atoms with Gasteiger partial charge < -0.3 is 10.1 Å². The van der Waals surface area contributed by atoms with E-state index in [9.17, 15) is 20.0 Å². The van der Waals surface area contributed by atoms with Crippen molar-refractivity contribution in [2.75, 3.05) is 0 Å². The van der Waals surface area contributed by atoms with Crippen LogP contribution in [0.2, 0.25) is 5.02 Å². The normalized spacial score (nSPS) is 12.2. The fourth-order valence-corrected chi connectivity index (χ4v) is 3.20. The standard InChI is InChI=1S/C18H15ClN2O4/c1-2-13(18(22)23)16-14-9-11(19)5-8-15(14)20-17(16)10-3-6-12(7-4-10)21(24)25/h3-9,13,20H,2H2,1H3,(H,22,23). The maximum atomic E-state index is 11.7. The van der Waals surface area contributed by atoms with E-state index < -0.39 is 16.8 Å². The lowest BCUT2D eigenvalue weighted by Crippen LogP contribution is -2.11. The number of non-ortho nitro benzene ring substituents is 1. The summed E-state index contributed by atoms with van der Waals surface area (Å²) in [4.78, 5) is 25.4. The Labute approximate surface area is 148 Å². The molecule has 3 aromatic rings. The number of carbonyl (C=O) groups is 1. The van der Waals surface area contributed by atoms with Gasteiger partial charge in [0.15, 0.2) is 0 Å². The average Bonchev–Trinajstić information content (AvgIpc) is 2.94. The molecular weight excluding hydrogens is 344 g/mol. The minimum absolute atomic E-state index is 0.0188. The van der Waals surface area contributed by atoms with Crippen LogP contribution in [0.5, 0.6) is 0 Å². The van der Waals surface area contributed by atoms with E-state index in [0.717, 1.165) is 10.9 Å². The highest BCUT2D eigenvalue weighted by molar-refractivity contribution is 6.31. The second-order valence-electron chi connectivity index (χ2n) is 5.71. The van der Waals surface area contributed by atoms with Gasteiger partial charge in [-0.1, -0.05) is 18.5 Å². The van der Waals surface area contributed by atoms with E-state index in [0.29, 0.717) is 28.3 Å². The Hall–Kier alpha value is -2.86. The van der Waals surface area contributed by atoms with Gasteiger partial charge >= 0.3 is 5.97 Å². The molecule has 0 radical (unpaired) electrons. The van der Waals surface area contributed by atoms with Gasteiger partial charge in [-0.2, -0.15) is 0 Å². The van der Waals surface area contributed by atoms with Crippen molar-refractivity contribution in [2.45, 2.75) is 19.3 Å². The number of nitro groups is 1. The minimum Gasteiger partial charge on any atom is -0.481 e. The summed E-state index contributed by atoms with van der Waals surface area (Å²) in [6.45, 7) is 1.81. The molecule has 7 heteroatoms. The van der Waals surface area contributed by atoms with Crippen LogP contribution in [0.25, 0.3) is 22.2 Å². The van der Waals surface area contributed by atoms with Crippen LogP contribution in [0.1, 0.15) is 24.8 Å². The van der Waals surface area contributed by atoms with E-state index in [-0.39, 0.29) is 5.69 Å². The molecule has 0 spiro atoms. The summed E-state index contributed by atoms with van der Waals surface area (Å²) >= 11 is 6.09. The molecule has 0 amide bonds. The molecule has 1 aromatic heterocycles. The lowest BCUT2D eigenvalue weighted by molar-refractivity contribution is -0.384. The molecule has 1 atom stereocenters. The summed E-state index contributed by atoms with van der Waals surface area (Å²) in [5.41, 5.74) is 2.72. The summed E-state index contributed by atoms with van der Waals surface area (Å²) < 4.78 is 0. The summed E-state index contributed by atoms with van der Waals surface area (Å²) in [7, 11) is 0. The van der Waals surface area contributed by atoms with Crippen LogP contribution < -0.4 is 0 Å². The number of halogens is 1. The number of rotatable bonds is 5. The van der Waals surface area contributed by atoms with Crippen molar-refractivity contribution in [1.29, 1.82) is 0 Å². The van der Waals surface area contributed by atoms with Crippen molar-refractivity contribution in [3.63, 3.8) is 0 Å². The fourth-order valence-electron chi connectivity index (χ4n) is 3.03. The third kappa shape index (κ3) is 3.08. The number of nitrogens with zero attached hydrogens (tertiary/aromatic N) is 1. The zero-order valence-corrected chi connectivity index (χ0v) is 14.1. The summed E-state index contributed by atoms with van der Waals surface area (Å²) in [6.07, 6.45) is 0.411. The third-order valence-electron chi connectivity index (χ3n) is 4.22. The highest BCUT2D eigenvalue weighted by Gasteiger charge is 2.26. The molecule has 128 valence electrons. The van der Waals surface area contributed by atoms with Crippen LogP contribution in [0.15, 0.2) is 42.5 Å². The van der Waals surface area contributed by atoms with Gasteiger partial charge in [0, 0.05) is 28.1 Å². The number of H-pyrrole nitrogens is 1. The summed E-state index contributed by atoms with van der Waals surface area (Å²) in [5, 5.41) is 21.7. The maximum absolute atomic E-state index is 11.7. The molecule has 0 aliphatic heterocycles. The summed E-state index contributed by atoms with van der Waals surface area (Å²) in [6, 6.07) is 11.3. The van der Waals surface area contributed by atoms with Crippen LogP contribution in [-0.2, 0) is 4.79 Å². The first-order valence-corrected chi connectivity index (χ1v) is 8.09. The monoisotopic (exact) mass is 358 g/mol. The van der Waals surface area contributed by atoms with Gasteiger partial charge in [0.2, 0.25) is 0 Å². The molecule has 0 aliphatic rings. The Morgan fingerprint density at radius 3 is 2.52 bits per heavy atom.